The summed E-state index contributed by atoms with van der Waals surface area (Å²) in [6.07, 6.45) is -53.0. The molecule has 0 aliphatic rings. The van der Waals surface area contributed by atoms with E-state index < -0.39 is 205 Å². The fraction of sp³-hybridized carbons (Fsp3) is 0.217. The molecule has 0 heterocycles. The lowest BCUT2D eigenvalue weighted by Gasteiger charge is -2.46. The van der Waals surface area contributed by atoms with Gasteiger partial charge in [0.15, 0.2) is 4.90 Å². The summed E-state index contributed by atoms with van der Waals surface area (Å²) in [5, 5.41) is 0. The monoisotopic (exact) mass is 1090 g/mol. The summed E-state index contributed by atoms with van der Waals surface area (Å²) < 4.78 is 353. The fourth-order valence-electron chi connectivity index (χ4n) is 7.75. The second-order valence-electron chi connectivity index (χ2n) is 16.2. The van der Waals surface area contributed by atoms with Crippen molar-refractivity contribution in [2.45, 2.75) is 60.1 Å². The largest absolute Gasteiger partial charge is 0.416 e. The highest BCUT2D eigenvalue weighted by molar-refractivity contribution is 8.01. The second kappa shape index (κ2) is 19.6. The lowest BCUT2D eigenvalue weighted by atomic mass is 9.12. The second-order valence-corrected chi connectivity index (χ2v) is 18.9. The topological polar surface area (TPSA) is 17.1 Å². The van der Waals surface area contributed by atoms with Gasteiger partial charge in [0, 0.05) is 5.56 Å². The van der Waals surface area contributed by atoms with Gasteiger partial charge in [-0.2, -0.15) is 127 Å². The van der Waals surface area contributed by atoms with Crippen molar-refractivity contribution < 1.29 is 110 Å². The molecular formula is C46H27BF24OS. The minimum Gasteiger partial charge on any atom is -0.194 e. The summed E-state index contributed by atoms with van der Waals surface area (Å²) in [5.41, 5.74) is -29.1. The van der Waals surface area contributed by atoms with Crippen molar-refractivity contribution in [2.24, 2.45) is 0 Å². The third-order valence-electron chi connectivity index (χ3n) is 11.0. The van der Waals surface area contributed by atoms with Gasteiger partial charge in [-0.25, -0.2) is 0 Å². The maximum Gasteiger partial charge on any atom is 0.416 e. The standard InChI is InChI=1S/C32H12BF24.C14H15OS/c34-25(35,36)13-1-14(26(37,38)39)6-21(5-13)33(22-7-15(27(40,41)42)2-16(8-22)28(43,44)45,23-9-17(29(46,47)48)3-18(10-23)30(49,50)51)24-11-19(31(52,53)54)4-20(12-24)32(55,56)57;1-16(15,14-10-6-3-7-11-14)12-13-8-4-2-5-9-13/h1-12H;2-11H,12H2,1H3/q-1;+1. The van der Waals surface area contributed by atoms with E-state index in [1.165, 1.54) is 0 Å². The van der Waals surface area contributed by atoms with Crippen LogP contribution in [0.3, 0.4) is 0 Å². The summed E-state index contributed by atoms with van der Waals surface area (Å²) in [6.45, 7) is 0. The molecule has 6 rings (SSSR count). The maximum absolute atomic E-state index is 14.2. The molecule has 0 N–H and O–H groups in total. The van der Waals surface area contributed by atoms with Gasteiger partial charge in [0.2, 0.25) is 0 Å². The van der Waals surface area contributed by atoms with Gasteiger partial charge >= 0.3 is 49.4 Å². The van der Waals surface area contributed by atoms with Crippen LogP contribution >= 0.6 is 0 Å². The Morgan fingerprint density at radius 1 is 0.315 bits per heavy atom. The van der Waals surface area contributed by atoms with Gasteiger partial charge in [-0.1, -0.05) is 101 Å². The first kappa shape index (κ1) is 57.8. The molecule has 394 valence electrons. The van der Waals surface area contributed by atoms with Crippen molar-refractivity contribution in [1.29, 1.82) is 0 Å². The molecule has 0 saturated carbocycles. The predicted octanol–water partition coefficient (Wildman–Crippen LogP) is 14.6. The van der Waals surface area contributed by atoms with Crippen molar-refractivity contribution >= 4 is 37.9 Å². The Bertz CT molecular complexity index is 2520. The van der Waals surface area contributed by atoms with E-state index in [1.54, 1.807) is 0 Å². The number of rotatable bonds is 7. The van der Waals surface area contributed by atoms with Gasteiger partial charge in [0.05, 0.1) is 44.5 Å². The van der Waals surface area contributed by atoms with E-state index in [9.17, 15) is 110 Å². The normalized spacial score (nSPS) is 14.3. The Labute approximate surface area is 396 Å². The number of hydrogen-bond donors (Lipinski definition) is 0. The van der Waals surface area contributed by atoms with Crippen molar-refractivity contribution in [3.8, 4) is 0 Å². The molecular weight excluding hydrogens is 1070 g/mol. The van der Waals surface area contributed by atoms with Crippen molar-refractivity contribution in [3.63, 3.8) is 0 Å². The smallest absolute Gasteiger partial charge is 0.194 e. The summed E-state index contributed by atoms with van der Waals surface area (Å²) >= 11 is 0. The van der Waals surface area contributed by atoms with E-state index in [1.807, 2.05) is 66.9 Å². The third kappa shape index (κ3) is 13.5. The van der Waals surface area contributed by atoms with Crippen LogP contribution in [-0.2, 0) is 69.3 Å². The molecule has 1 nitrogen and oxygen atoms in total. The summed E-state index contributed by atoms with van der Waals surface area (Å²) in [6, 6.07) is 10.9. The molecule has 1 atom stereocenters. The molecule has 73 heavy (non-hydrogen) atoms. The van der Waals surface area contributed by atoms with Gasteiger partial charge in [0.25, 0.3) is 0 Å². The highest BCUT2D eigenvalue weighted by Gasteiger charge is 2.47. The zero-order chi connectivity index (χ0) is 55.3. The molecule has 0 aromatic heterocycles. The first-order valence-electron chi connectivity index (χ1n) is 19.9. The van der Waals surface area contributed by atoms with Gasteiger partial charge in [0.1, 0.15) is 28.1 Å². The van der Waals surface area contributed by atoms with Crippen LogP contribution in [0.1, 0.15) is 50.1 Å². The SMILES string of the molecule is C[S+](=O)(Cc1ccccc1)c1ccccc1.FC(F)(F)c1cc([B-](c2cc(C(F)(F)F)cc(C(F)(F)F)c2)(c2cc(C(F)(F)F)cc(C(F)(F)F)c2)c2cc(C(F)(F)F)cc(C(F)(F)F)c2)cc(C(F)(F)F)c1. The van der Waals surface area contributed by atoms with Gasteiger partial charge in [-0.3, -0.25) is 0 Å². The van der Waals surface area contributed by atoms with E-state index in [0.717, 1.165) is 10.5 Å². The van der Waals surface area contributed by atoms with Crippen LogP contribution in [0.25, 0.3) is 0 Å². The average molecular weight is 1090 g/mol. The molecule has 0 spiro atoms. The zero-order valence-electron chi connectivity index (χ0n) is 35.9. The van der Waals surface area contributed by atoms with Crippen LogP contribution in [0, 0.1) is 0 Å². The molecule has 6 aromatic rings. The number of halogens is 24. The first-order chi connectivity index (χ1) is 32.9. The Hall–Kier alpha value is -6.15. The minimum absolute atomic E-state index is 0.609. The predicted molar refractivity (Wildman–Crippen MR) is 219 cm³/mol. The third-order valence-corrected chi connectivity index (χ3v) is 13.1. The molecule has 1 unspecified atom stereocenters. The molecule has 6 aromatic carbocycles. The van der Waals surface area contributed by atoms with Crippen LogP contribution in [0.2, 0.25) is 0 Å². The molecule has 27 heteroatoms. The number of hydrogen-bond acceptors (Lipinski definition) is 1. The highest BCUT2D eigenvalue weighted by Crippen LogP contribution is 2.41. The Morgan fingerprint density at radius 2 is 0.507 bits per heavy atom. The maximum atomic E-state index is 14.2. The van der Waals surface area contributed by atoms with E-state index in [4.69, 9.17) is 0 Å². The van der Waals surface area contributed by atoms with Gasteiger partial charge < -0.3 is 0 Å². The van der Waals surface area contributed by atoms with Crippen LogP contribution in [-0.4, -0.2) is 12.4 Å². The van der Waals surface area contributed by atoms with Crippen LogP contribution in [0.5, 0.6) is 0 Å². The zero-order valence-corrected chi connectivity index (χ0v) is 36.7. The van der Waals surface area contributed by atoms with Crippen LogP contribution < -0.4 is 21.9 Å². The summed E-state index contributed by atoms with van der Waals surface area (Å²) in [4.78, 5) is 0.929. The van der Waals surface area contributed by atoms with Crippen LogP contribution in [0.4, 0.5) is 105 Å². The molecule has 0 bridgehead atoms. The quantitative estimate of drug-likeness (QED) is 0.0885. The summed E-state index contributed by atoms with van der Waals surface area (Å²) in [7, 11) is -1.96. The van der Waals surface area contributed by atoms with Crippen molar-refractivity contribution in [3.05, 3.63) is 184 Å². The highest BCUT2D eigenvalue weighted by atomic mass is 32.2. The Balaban J connectivity index is 0.000000520. The molecule has 0 fully saturated rings. The first-order valence-corrected chi connectivity index (χ1v) is 22.0. The van der Waals surface area contributed by atoms with E-state index in [0.29, 0.717) is 5.75 Å². The van der Waals surface area contributed by atoms with E-state index in [2.05, 4.69) is 0 Å². The Morgan fingerprint density at radius 3 is 0.699 bits per heavy atom. The van der Waals surface area contributed by atoms with Crippen molar-refractivity contribution in [1.82, 2.24) is 0 Å². The van der Waals surface area contributed by atoms with Gasteiger partial charge in [-0.05, 0) is 36.4 Å². The fourth-order valence-corrected chi connectivity index (χ4v) is 9.48. The molecule has 0 aliphatic carbocycles. The lowest BCUT2D eigenvalue weighted by molar-refractivity contribution is -0.144. The summed E-state index contributed by atoms with van der Waals surface area (Å²) in [5.74, 6) is 0.609. The van der Waals surface area contributed by atoms with E-state index >= 15 is 0 Å². The lowest BCUT2D eigenvalue weighted by Crippen LogP contribution is -2.75. The molecule has 0 aliphatic heterocycles. The molecule has 0 amide bonds. The Kier molecular flexibility index (Phi) is 15.5. The minimum atomic E-state index is -6.13. The van der Waals surface area contributed by atoms with Crippen molar-refractivity contribution in [2.75, 3.05) is 6.26 Å². The average Bonchev–Trinajstić information content (AvgIpc) is 3.25. The van der Waals surface area contributed by atoms with E-state index in [-0.39, 0.29) is 0 Å². The molecule has 0 saturated heterocycles. The molecule has 0 radical (unpaired) electrons. The number of alkyl halides is 24. The van der Waals surface area contributed by atoms with Gasteiger partial charge in [-0.15, -0.1) is 0 Å². The number of benzene rings is 6. The van der Waals surface area contributed by atoms with Crippen LogP contribution in [0.15, 0.2) is 138 Å².